The van der Waals surface area contributed by atoms with E-state index in [0.29, 0.717) is 6.10 Å². The summed E-state index contributed by atoms with van der Waals surface area (Å²) in [4.78, 5) is 7.14. The molecule has 1 saturated heterocycles. The fourth-order valence-corrected chi connectivity index (χ4v) is 3.94. The number of aromatic amines is 1. The van der Waals surface area contributed by atoms with Crippen LogP contribution >= 0.6 is 0 Å². The number of aromatic nitrogens is 3. The molecule has 1 aliphatic heterocycles. The van der Waals surface area contributed by atoms with Crippen LogP contribution in [-0.2, 0) is 0 Å². The summed E-state index contributed by atoms with van der Waals surface area (Å²) in [7, 11) is 3.82. The van der Waals surface area contributed by atoms with Gasteiger partial charge >= 0.3 is 0 Å². The molecule has 1 fully saturated rings. The van der Waals surface area contributed by atoms with Crippen LogP contribution in [0.1, 0.15) is 12.8 Å². The standard InChI is InChI=1S/C23H25N5O2/c1-28-11-9-17(10-12-28)30-16-5-3-15(4-6-16)25-23-22-20(14-24-27-22)19-13-18(29-2)7-8-21(19)26-23/h3-8,13-14,17H,9-12H2,1-2H3,(H,24,27)(H,25,26). The molecule has 0 spiro atoms. The minimum atomic E-state index is 0.295. The molecule has 0 bridgehead atoms. The van der Waals surface area contributed by atoms with Crippen molar-refractivity contribution in [2.45, 2.75) is 18.9 Å². The van der Waals surface area contributed by atoms with Gasteiger partial charge in [0.05, 0.1) is 18.8 Å². The Bertz CT molecular complexity index is 1160. The first-order chi connectivity index (χ1) is 14.7. The average molecular weight is 403 g/mol. The summed E-state index contributed by atoms with van der Waals surface area (Å²) in [6.45, 7) is 2.17. The molecule has 7 heteroatoms. The van der Waals surface area contributed by atoms with Gasteiger partial charge in [0.25, 0.3) is 0 Å². The van der Waals surface area contributed by atoms with E-state index in [1.54, 1.807) is 7.11 Å². The molecular weight excluding hydrogens is 378 g/mol. The lowest BCUT2D eigenvalue weighted by atomic mass is 10.1. The van der Waals surface area contributed by atoms with Crippen molar-refractivity contribution in [3.8, 4) is 11.5 Å². The molecule has 0 unspecified atom stereocenters. The third-order valence-corrected chi connectivity index (χ3v) is 5.69. The number of likely N-dealkylation sites (tertiary alicyclic amines) is 1. The van der Waals surface area contributed by atoms with E-state index in [4.69, 9.17) is 14.5 Å². The topological polar surface area (TPSA) is 75.3 Å². The van der Waals surface area contributed by atoms with E-state index in [-0.39, 0.29) is 0 Å². The maximum Gasteiger partial charge on any atom is 0.157 e. The van der Waals surface area contributed by atoms with E-state index in [0.717, 1.165) is 70.7 Å². The zero-order valence-corrected chi connectivity index (χ0v) is 17.2. The van der Waals surface area contributed by atoms with Gasteiger partial charge in [-0.15, -0.1) is 0 Å². The summed E-state index contributed by atoms with van der Waals surface area (Å²) in [5, 5.41) is 12.7. The lowest BCUT2D eigenvalue weighted by Crippen LogP contribution is -2.35. The average Bonchev–Trinajstić information content (AvgIpc) is 3.27. The third kappa shape index (κ3) is 3.64. The second-order valence-electron chi connectivity index (χ2n) is 7.77. The van der Waals surface area contributed by atoms with E-state index >= 15 is 0 Å². The van der Waals surface area contributed by atoms with Gasteiger partial charge in [0.2, 0.25) is 0 Å². The van der Waals surface area contributed by atoms with E-state index in [9.17, 15) is 0 Å². The number of H-pyrrole nitrogens is 1. The molecule has 2 N–H and O–H groups in total. The van der Waals surface area contributed by atoms with E-state index in [2.05, 4.69) is 27.5 Å². The zero-order valence-electron chi connectivity index (χ0n) is 17.2. The number of rotatable bonds is 5. The Morgan fingerprint density at radius 2 is 1.80 bits per heavy atom. The quantitative estimate of drug-likeness (QED) is 0.516. The molecule has 0 saturated carbocycles. The number of nitrogens with zero attached hydrogens (tertiary/aromatic N) is 3. The number of fused-ring (bicyclic) bond motifs is 3. The van der Waals surface area contributed by atoms with Gasteiger partial charge in [0.1, 0.15) is 23.1 Å². The number of hydrogen-bond donors (Lipinski definition) is 2. The Labute approximate surface area is 175 Å². The first-order valence-electron chi connectivity index (χ1n) is 10.2. The summed E-state index contributed by atoms with van der Waals surface area (Å²) in [6.07, 6.45) is 4.26. The second kappa shape index (κ2) is 7.84. The molecule has 7 nitrogen and oxygen atoms in total. The summed E-state index contributed by atoms with van der Waals surface area (Å²) in [6, 6.07) is 13.9. The highest BCUT2D eigenvalue weighted by atomic mass is 16.5. The molecule has 2 aromatic heterocycles. The number of hydrogen-bond acceptors (Lipinski definition) is 6. The number of pyridine rings is 1. The Morgan fingerprint density at radius 3 is 2.57 bits per heavy atom. The van der Waals surface area contributed by atoms with E-state index < -0.39 is 0 Å². The summed E-state index contributed by atoms with van der Waals surface area (Å²) in [5.41, 5.74) is 2.69. The maximum atomic E-state index is 6.15. The van der Waals surface area contributed by atoms with Crippen LogP contribution in [0.5, 0.6) is 11.5 Å². The predicted molar refractivity (Wildman–Crippen MR) is 119 cm³/mol. The molecular formula is C23H25N5O2. The van der Waals surface area contributed by atoms with Crippen molar-refractivity contribution in [1.82, 2.24) is 20.1 Å². The third-order valence-electron chi connectivity index (χ3n) is 5.69. The first kappa shape index (κ1) is 18.7. The molecule has 30 heavy (non-hydrogen) atoms. The number of methoxy groups -OCH3 is 1. The van der Waals surface area contributed by atoms with Crippen LogP contribution in [0.3, 0.4) is 0 Å². The van der Waals surface area contributed by atoms with E-state index in [1.807, 2.05) is 48.7 Å². The molecule has 0 radical (unpaired) electrons. The molecule has 154 valence electrons. The first-order valence-corrected chi connectivity index (χ1v) is 10.2. The number of nitrogens with one attached hydrogen (secondary N) is 2. The molecule has 5 rings (SSSR count). The van der Waals surface area contributed by atoms with Crippen molar-refractivity contribution >= 4 is 33.3 Å². The monoisotopic (exact) mass is 403 g/mol. The summed E-state index contributed by atoms with van der Waals surface area (Å²) < 4.78 is 11.5. The van der Waals surface area contributed by atoms with Gasteiger partial charge in [0.15, 0.2) is 5.82 Å². The van der Waals surface area contributed by atoms with Crippen LogP contribution in [0, 0.1) is 0 Å². The van der Waals surface area contributed by atoms with Crippen molar-refractivity contribution < 1.29 is 9.47 Å². The Morgan fingerprint density at radius 1 is 1.03 bits per heavy atom. The zero-order chi connectivity index (χ0) is 20.5. The fourth-order valence-electron chi connectivity index (χ4n) is 3.94. The van der Waals surface area contributed by atoms with Crippen molar-refractivity contribution in [3.05, 3.63) is 48.7 Å². The predicted octanol–water partition coefficient (Wildman–Crippen LogP) is 4.34. The van der Waals surface area contributed by atoms with Crippen LogP contribution in [-0.4, -0.2) is 53.4 Å². The van der Waals surface area contributed by atoms with Gasteiger partial charge in [0, 0.05) is 29.5 Å². The minimum Gasteiger partial charge on any atom is -0.497 e. The molecule has 1 aliphatic rings. The van der Waals surface area contributed by atoms with Gasteiger partial charge in [-0.3, -0.25) is 5.10 Å². The van der Waals surface area contributed by atoms with Gasteiger partial charge in [-0.25, -0.2) is 4.98 Å². The minimum absolute atomic E-state index is 0.295. The van der Waals surface area contributed by atoms with Crippen LogP contribution in [0.2, 0.25) is 0 Å². The SMILES string of the molecule is COc1ccc2nc(Nc3ccc(OC4CCN(C)CC4)cc3)c3[nH]ncc3c2c1. The van der Waals surface area contributed by atoms with E-state index in [1.165, 1.54) is 0 Å². The summed E-state index contributed by atoms with van der Waals surface area (Å²) in [5.74, 6) is 2.44. The van der Waals surface area contributed by atoms with Gasteiger partial charge in [-0.05, 0) is 62.4 Å². The second-order valence-corrected chi connectivity index (χ2v) is 7.77. The number of piperidine rings is 1. The molecule has 4 aromatic rings. The Hall–Kier alpha value is -3.32. The fraction of sp³-hybridized carbons (Fsp3) is 0.304. The Kier molecular flexibility index (Phi) is 4.88. The molecule has 0 atom stereocenters. The molecule has 0 amide bonds. The highest BCUT2D eigenvalue weighted by Gasteiger charge is 2.18. The maximum absolute atomic E-state index is 6.15. The van der Waals surface area contributed by atoms with Crippen molar-refractivity contribution in [1.29, 1.82) is 0 Å². The van der Waals surface area contributed by atoms with Crippen molar-refractivity contribution in [2.75, 3.05) is 32.6 Å². The lowest BCUT2D eigenvalue weighted by molar-refractivity contribution is 0.114. The van der Waals surface area contributed by atoms with Crippen LogP contribution in [0.15, 0.2) is 48.7 Å². The molecule has 2 aromatic carbocycles. The van der Waals surface area contributed by atoms with Gasteiger partial charge in [-0.2, -0.15) is 5.10 Å². The lowest BCUT2D eigenvalue weighted by Gasteiger charge is -2.29. The highest BCUT2D eigenvalue weighted by Crippen LogP contribution is 2.32. The molecule has 3 heterocycles. The smallest absolute Gasteiger partial charge is 0.157 e. The normalized spacial score (nSPS) is 15.5. The molecule has 0 aliphatic carbocycles. The van der Waals surface area contributed by atoms with Crippen molar-refractivity contribution in [3.63, 3.8) is 0 Å². The number of ether oxygens (including phenoxy) is 2. The van der Waals surface area contributed by atoms with Crippen molar-refractivity contribution in [2.24, 2.45) is 0 Å². The van der Waals surface area contributed by atoms with Gasteiger partial charge in [-0.1, -0.05) is 0 Å². The van der Waals surface area contributed by atoms with Gasteiger partial charge < -0.3 is 19.7 Å². The highest BCUT2D eigenvalue weighted by molar-refractivity contribution is 6.09. The largest absolute Gasteiger partial charge is 0.497 e. The van der Waals surface area contributed by atoms with Crippen LogP contribution < -0.4 is 14.8 Å². The summed E-state index contributed by atoms with van der Waals surface area (Å²) >= 11 is 0. The number of benzene rings is 2. The Balaban J connectivity index is 1.38. The van der Waals surface area contributed by atoms with Crippen LogP contribution in [0.4, 0.5) is 11.5 Å². The number of anilines is 2. The van der Waals surface area contributed by atoms with Crippen LogP contribution in [0.25, 0.3) is 21.8 Å².